The zero-order valence-corrected chi connectivity index (χ0v) is 20.9. The average molecular weight is 479 g/mol. The molecule has 0 N–H and O–H groups in total. The highest BCUT2D eigenvalue weighted by molar-refractivity contribution is 6.10. The van der Waals surface area contributed by atoms with Gasteiger partial charge in [-0.25, -0.2) is 9.78 Å². The first-order valence-electron chi connectivity index (χ1n) is 11.4. The van der Waals surface area contributed by atoms with Gasteiger partial charge in [-0.1, -0.05) is 6.07 Å². The number of anilines is 1. The van der Waals surface area contributed by atoms with Crippen LogP contribution in [0.4, 0.5) is 10.6 Å². The highest BCUT2D eigenvalue weighted by Crippen LogP contribution is 2.34. The van der Waals surface area contributed by atoms with Gasteiger partial charge in [0.1, 0.15) is 29.2 Å². The highest BCUT2D eigenvalue weighted by Gasteiger charge is 2.33. The summed E-state index contributed by atoms with van der Waals surface area (Å²) in [5, 5.41) is 8.15. The van der Waals surface area contributed by atoms with Crippen molar-refractivity contribution in [2.75, 3.05) is 19.1 Å². The van der Waals surface area contributed by atoms with Crippen molar-refractivity contribution in [1.82, 2.24) is 24.6 Å². The van der Waals surface area contributed by atoms with E-state index in [4.69, 9.17) is 14.5 Å². The Morgan fingerprint density at radius 2 is 2.00 bits per heavy atom. The van der Waals surface area contributed by atoms with Gasteiger partial charge in [-0.2, -0.15) is 0 Å². The third-order valence-corrected chi connectivity index (χ3v) is 5.65. The summed E-state index contributed by atoms with van der Waals surface area (Å²) < 4.78 is 12.8. The van der Waals surface area contributed by atoms with Crippen LogP contribution in [0.2, 0.25) is 0 Å². The van der Waals surface area contributed by atoms with Gasteiger partial charge < -0.3 is 18.9 Å². The molecule has 0 aliphatic carbocycles. The number of rotatable bonds is 6. The van der Waals surface area contributed by atoms with Crippen molar-refractivity contribution in [3.8, 4) is 17.3 Å². The fourth-order valence-corrected chi connectivity index (χ4v) is 3.94. The lowest BCUT2D eigenvalue weighted by atomic mass is 10.0. The number of fused-ring (bicyclic) bond motifs is 1. The molecule has 3 aromatic rings. The molecule has 1 aromatic carbocycles. The largest absolute Gasteiger partial charge is 0.497 e. The van der Waals surface area contributed by atoms with Crippen LogP contribution < -0.4 is 9.64 Å². The number of nitrogens with zero attached hydrogens (tertiary/aromatic N) is 6. The zero-order valence-electron chi connectivity index (χ0n) is 20.9. The van der Waals surface area contributed by atoms with Gasteiger partial charge in [-0.15, -0.1) is 10.2 Å². The molecule has 35 heavy (non-hydrogen) atoms. The molecule has 0 bridgehead atoms. The van der Waals surface area contributed by atoms with E-state index in [2.05, 4.69) is 10.2 Å². The fourth-order valence-electron chi connectivity index (χ4n) is 3.94. The topological polar surface area (TPSA) is 103 Å². The predicted octanol–water partition coefficient (Wildman–Crippen LogP) is 3.90. The summed E-state index contributed by atoms with van der Waals surface area (Å²) in [5.74, 6) is 1.52. The Morgan fingerprint density at radius 3 is 2.69 bits per heavy atom. The molecule has 0 atom stereocenters. The molecule has 0 saturated heterocycles. The number of hydrogen-bond acceptors (Lipinski definition) is 7. The molecule has 1 aliphatic rings. The Labute approximate surface area is 204 Å². The molecule has 0 spiro atoms. The predicted molar refractivity (Wildman–Crippen MR) is 130 cm³/mol. The molecule has 184 valence electrons. The Bertz CT molecular complexity index is 1260. The van der Waals surface area contributed by atoms with Crippen LogP contribution >= 0.6 is 0 Å². The van der Waals surface area contributed by atoms with E-state index in [1.54, 1.807) is 37.5 Å². The van der Waals surface area contributed by atoms with E-state index in [1.807, 2.05) is 50.5 Å². The first-order chi connectivity index (χ1) is 16.6. The molecule has 1 aliphatic heterocycles. The molecule has 4 rings (SSSR count). The van der Waals surface area contributed by atoms with Gasteiger partial charge in [0.25, 0.3) is 5.91 Å². The lowest BCUT2D eigenvalue weighted by Crippen LogP contribution is -2.34. The van der Waals surface area contributed by atoms with Gasteiger partial charge in [0.05, 0.1) is 13.7 Å². The number of methoxy groups -OCH3 is 1. The SMILES string of the molecule is CCn1cnnc1-c1cccc(N2Cc3c(CN(C)C(=O)OC(C)(C)C)cc(OC)cc3C2=O)n1. The Kier molecular flexibility index (Phi) is 6.47. The number of hydrogen-bond donors (Lipinski definition) is 0. The maximum atomic E-state index is 13.4. The minimum Gasteiger partial charge on any atom is -0.497 e. The highest BCUT2D eigenvalue weighted by atomic mass is 16.6. The van der Waals surface area contributed by atoms with E-state index in [0.717, 1.165) is 11.1 Å². The normalized spacial score (nSPS) is 13.1. The molecule has 0 unspecified atom stereocenters. The number of aromatic nitrogens is 4. The third-order valence-electron chi connectivity index (χ3n) is 5.65. The van der Waals surface area contributed by atoms with E-state index in [1.165, 1.54) is 4.90 Å². The summed E-state index contributed by atoms with van der Waals surface area (Å²) >= 11 is 0. The average Bonchev–Trinajstić information content (AvgIpc) is 3.43. The second-order valence-corrected chi connectivity index (χ2v) is 9.36. The second-order valence-electron chi connectivity index (χ2n) is 9.36. The number of aryl methyl sites for hydroxylation is 1. The van der Waals surface area contributed by atoms with Gasteiger partial charge in [0.15, 0.2) is 5.82 Å². The van der Waals surface area contributed by atoms with Crippen LogP contribution in [-0.2, 0) is 24.4 Å². The van der Waals surface area contributed by atoms with Gasteiger partial charge in [0.2, 0.25) is 0 Å². The number of amides is 2. The molecular formula is C25H30N6O4. The second kappa shape index (κ2) is 9.36. The molecule has 0 saturated carbocycles. The minimum atomic E-state index is -0.604. The Hall–Kier alpha value is -3.95. The summed E-state index contributed by atoms with van der Waals surface area (Å²) in [6, 6.07) is 9.07. The van der Waals surface area contributed by atoms with Crippen LogP contribution in [0.1, 0.15) is 49.2 Å². The Balaban J connectivity index is 1.65. The Morgan fingerprint density at radius 1 is 1.23 bits per heavy atom. The number of pyridine rings is 1. The van der Waals surface area contributed by atoms with E-state index >= 15 is 0 Å². The van der Waals surface area contributed by atoms with Crippen LogP contribution in [0.3, 0.4) is 0 Å². The summed E-state index contributed by atoms with van der Waals surface area (Å²) in [7, 11) is 3.22. The van der Waals surface area contributed by atoms with Gasteiger partial charge >= 0.3 is 6.09 Å². The van der Waals surface area contributed by atoms with Gasteiger partial charge in [-0.3, -0.25) is 9.69 Å². The molecule has 2 amide bonds. The van der Waals surface area contributed by atoms with Crippen molar-refractivity contribution in [2.45, 2.75) is 52.9 Å². The van der Waals surface area contributed by atoms with Gasteiger partial charge in [-0.05, 0) is 63.1 Å². The van der Waals surface area contributed by atoms with Crippen LogP contribution in [0.25, 0.3) is 11.5 Å². The number of carbonyl (C=O) groups excluding carboxylic acids is 2. The summed E-state index contributed by atoms with van der Waals surface area (Å²) in [6.45, 7) is 8.76. The van der Waals surface area contributed by atoms with E-state index in [-0.39, 0.29) is 12.5 Å². The molecule has 2 aromatic heterocycles. The maximum Gasteiger partial charge on any atom is 0.410 e. The monoisotopic (exact) mass is 478 g/mol. The number of benzene rings is 1. The first kappa shape index (κ1) is 24.2. The molecule has 0 fully saturated rings. The van der Waals surface area contributed by atoms with Crippen LogP contribution in [0, 0.1) is 0 Å². The first-order valence-corrected chi connectivity index (χ1v) is 11.4. The molecular weight excluding hydrogens is 448 g/mol. The fraction of sp³-hybridized carbons (Fsp3) is 0.400. The van der Waals surface area contributed by atoms with Crippen molar-refractivity contribution < 1.29 is 19.1 Å². The lowest BCUT2D eigenvalue weighted by Gasteiger charge is -2.25. The van der Waals surface area contributed by atoms with Crippen molar-refractivity contribution in [2.24, 2.45) is 0 Å². The minimum absolute atomic E-state index is 0.179. The zero-order chi connectivity index (χ0) is 25.3. The van der Waals surface area contributed by atoms with Crippen molar-refractivity contribution >= 4 is 17.8 Å². The number of carbonyl (C=O) groups is 2. The number of ether oxygens (including phenoxy) is 2. The molecule has 10 heteroatoms. The maximum absolute atomic E-state index is 13.4. The van der Waals surface area contributed by atoms with Crippen LogP contribution in [0.15, 0.2) is 36.7 Å². The van der Waals surface area contributed by atoms with Crippen molar-refractivity contribution in [1.29, 1.82) is 0 Å². The van der Waals surface area contributed by atoms with E-state index < -0.39 is 11.7 Å². The van der Waals surface area contributed by atoms with Crippen molar-refractivity contribution in [3.63, 3.8) is 0 Å². The van der Waals surface area contributed by atoms with Crippen LogP contribution in [0.5, 0.6) is 5.75 Å². The summed E-state index contributed by atoms with van der Waals surface area (Å²) in [6.07, 6.45) is 1.21. The van der Waals surface area contributed by atoms with Gasteiger partial charge in [0, 0.05) is 25.7 Å². The van der Waals surface area contributed by atoms with E-state index in [0.29, 0.717) is 41.7 Å². The standard InChI is InChI=1S/C25H30N6O4/c1-7-30-15-26-28-22(30)20-9-8-10-21(27-20)31-14-19-16(11-17(34-6)12-18(19)23(31)32)13-29(5)24(33)35-25(2,3)4/h8-12,15H,7,13-14H2,1-6H3. The quantitative estimate of drug-likeness (QED) is 0.529. The molecule has 0 radical (unpaired) electrons. The third kappa shape index (κ3) is 4.96. The van der Waals surface area contributed by atoms with Crippen LogP contribution in [-0.4, -0.2) is 56.4 Å². The lowest BCUT2D eigenvalue weighted by molar-refractivity contribution is 0.0284. The van der Waals surface area contributed by atoms with E-state index in [9.17, 15) is 9.59 Å². The summed E-state index contributed by atoms with van der Waals surface area (Å²) in [4.78, 5) is 33.8. The van der Waals surface area contributed by atoms with Crippen molar-refractivity contribution in [3.05, 3.63) is 53.3 Å². The molecule has 10 nitrogen and oxygen atoms in total. The molecule has 3 heterocycles. The summed E-state index contributed by atoms with van der Waals surface area (Å²) in [5.41, 5.74) is 2.20. The smallest absolute Gasteiger partial charge is 0.410 e.